The number of hydrogen-bond donors (Lipinski definition) is 0. The normalized spacial score (nSPS) is 25.1. The molecule has 0 unspecified atom stereocenters. The van der Waals surface area contributed by atoms with Gasteiger partial charge >= 0.3 is 0 Å². The van der Waals surface area contributed by atoms with Crippen LogP contribution in [0, 0.1) is 5.92 Å². The first-order valence-electron chi connectivity index (χ1n) is 5.25. The number of alkyl halides is 1. The first kappa shape index (κ1) is 11.8. The Morgan fingerprint density at radius 2 is 2.12 bits per heavy atom. The van der Waals surface area contributed by atoms with E-state index >= 15 is 0 Å². The predicted octanol–water partition coefficient (Wildman–Crippen LogP) is 2.47. The number of rotatable bonds is 3. The van der Waals surface area contributed by atoms with E-state index in [0.717, 1.165) is 11.4 Å². The molecule has 2 nitrogen and oxygen atoms in total. The van der Waals surface area contributed by atoms with Crippen LogP contribution in [0.25, 0.3) is 0 Å². The van der Waals surface area contributed by atoms with E-state index in [1.54, 1.807) is 16.7 Å². The van der Waals surface area contributed by atoms with E-state index in [0.29, 0.717) is 5.88 Å². The molecule has 4 heteroatoms. The fourth-order valence-corrected chi connectivity index (χ4v) is 3.52. The fraction of sp³-hybridized carbons (Fsp3) is 0.417. The van der Waals surface area contributed by atoms with Crippen LogP contribution in [-0.4, -0.2) is 35.5 Å². The summed E-state index contributed by atoms with van der Waals surface area (Å²) in [5.74, 6) is 0.990. The van der Waals surface area contributed by atoms with Gasteiger partial charge in [-0.05, 0) is 12.1 Å². The van der Waals surface area contributed by atoms with E-state index in [1.807, 2.05) is 37.4 Å². The maximum Gasteiger partial charge on any atom is 0.236 e. The monoisotopic (exact) mass is 255 g/mol. The molecule has 0 bridgehead atoms. The van der Waals surface area contributed by atoms with Gasteiger partial charge in [0, 0.05) is 30.3 Å². The molecule has 0 aliphatic carbocycles. The second-order valence-corrected chi connectivity index (χ2v) is 5.51. The molecule has 1 saturated heterocycles. The Labute approximate surface area is 105 Å². The average Bonchev–Trinajstić information content (AvgIpc) is 2.58. The molecule has 1 heterocycles. The third kappa shape index (κ3) is 2.36. The lowest BCUT2D eigenvalue weighted by atomic mass is 10.1. The van der Waals surface area contributed by atoms with Gasteiger partial charge in [-0.2, -0.15) is 0 Å². The maximum absolute atomic E-state index is 11.9. The van der Waals surface area contributed by atoms with Crippen molar-refractivity contribution in [3.8, 4) is 0 Å². The van der Waals surface area contributed by atoms with E-state index in [4.69, 9.17) is 11.6 Å². The van der Waals surface area contributed by atoms with Crippen molar-refractivity contribution in [3.05, 3.63) is 30.3 Å². The lowest BCUT2D eigenvalue weighted by Crippen LogP contribution is -2.24. The molecule has 0 saturated carbocycles. The molecule has 86 valence electrons. The quantitative estimate of drug-likeness (QED) is 0.774. The second-order valence-electron chi connectivity index (χ2n) is 3.98. The Balaban J connectivity index is 2.11. The van der Waals surface area contributed by atoms with Crippen molar-refractivity contribution in [2.24, 2.45) is 5.92 Å². The van der Waals surface area contributed by atoms with Gasteiger partial charge in [0.1, 0.15) is 0 Å². The van der Waals surface area contributed by atoms with E-state index in [1.165, 1.54) is 0 Å². The topological polar surface area (TPSA) is 20.3 Å². The molecule has 1 aliphatic rings. The Morgan fingerprint density at radius 1 is 1.44 bits per heavy atom. The zero-order chi connectivity index (χ0) is 11.5. The van der Waals surface area contributed by atoms with Crippen molar-refractivity contribution in [2.45, 2.75) is 10.1 Å². The minimum Gasteiger partial charge on any atom is -0.344 e. The summed E-state index contributed by atoms with van der Waals surface area (Å²) < 4.78 is 0. The zero-order valence-electron chi connectivity index (χ0n) is 9.10. The van der Waals surface area contributed by atoms with Gasteiger partial charge in [0.05, 0.1) is 5.25 Å². The number of nitrogens with zero attached hydrogens (tertiary/aromatic N) is 1. The van der Waals surface area contributed by atoms with Gasteiger partial charge in [-0.25, -0.2) is 0 Å². The van der Waals surface area contributed by atoms with Gasteiger partial charge in [-0.3, -0.25) is 4.79 Å². The summed E-state index contributed by atoms with van der Waals surface area (Å²) in [6, 6.07) is 10.0. The predicted molar refractivity (Wildman–Crippen MR) is 67.9 cm³/mol. The molecule has 0 radical (unpaired) electrons. The van der Waals surface area contributed by atoms with Crippen LogP contribution in [0.1, 0.15) is 0 Å². The summed E-state index contributed by atoms with van der Waals surface area (Å²) in [6.07, 6.45) is 0. The minimum absolute atomic E-state index is 0.0232. The van der Waals surface area contributed by atoms with Crippen LogP contribution in [0.4, 0.5) is 0 Å². The Kier molecular flexibility index (Phi) is 3.77. The number of halogens is 1. The third-order valence-electron chi connectivity index (χ3n) is 2.76. The summed E-state index contributed by atoms with van der Waals surface area (Å²) in [6.45, 7) is 0.771. The Morgan fingerprint density at radius 3 is 2.75 bits per heavy atom. The van der Waals surface area contributed by atoms with E-state index in [2.05, 4.69) is 0 Å². The van der Waals surface area contributed by atoms with E-state index in [-0.39, 0.29) is 17.1 Å². The summed E-state index contributed by atoms with van der Waals surface area (Å²) in [4.78, 5) is 14.8. The summed E-state index contributed by atoms with van der Waals surface area (Å²) in [5.41, 5.74) is 0. The van der Waals surface area contributed by atoms with Crippen LogP contribution in [0.2, 0.25) is 0 Å². The van der Waals surface area contributed by atoms with Gasteiger partial charge in [0.15, 0.2) is 0 Å². The average molecular weight is 256 g/mol. The number of carbonyl (C=O) groups excluding carboxylic acids is 1. The van der Waals surface area contributed by atoms with E-state index in [9.17, 15) is 4.79 Å². The SMILES string of the molecule is CN1C[C@@H](CCl)[C@@H](Sc2ccccc2)C1=O. The zero-order valence-corrected chi connectivity index (χ0v) is 10.7. The smallest absolute Gasteiger partial charge is 0.236 e. The third-order valence-corrected chi connectivity index (χ3v) is 4.54. The molecule has 1 fully saturated rings. The maximum atomic E-state index is 11.9. The van der Waals surface area contributed by atoms with Crippen molar-refractivity contribution in [3.63, 3.8) is 0 Å². The number of thioether (sulfide) groups is 1. The molecule has 1 aliphatic heterocycles. The van der Waals surface area contributed by atoms with Gasteiger partial charge in [0.25, 0.3) is 0 Å². The number of benzene rings is 1. The van der Waals surface area contributed by atoms with Gasteiger partial charge in [-0.1, -0.05) is 18.2 Å². The largest absolute Gasteiger partial charge is 0.344 e. The van der Waals surface area contributed by atoms with Crippen LogP contribution in [0.15, 0.2) is 35.2 Å². The van der Waals surface area contributed by atoms with Crippen LogP contribution in [0.5, 0.6) is 0 Å². The molecule has 2 atom stereocenters. The molecular formula is C12H14ClNOS. The Bertz CT molecular complexity index is 371. The second kappa shape index (κ2) is 5.11. The highest BCUT2D eigenvalue weighted by Crippen LogP contribution is 2.34. The standard InChI is InChI=1S/C12H14ClNOS/c1-14-8-9(7-13)11(12(14)15)16-10-5-3-2-4-6-10/h2-6,9,11H,7-8H2,1H3/t9-,11-/m1/s1. The van der Waals surface area contributed by atoms with Crippen molar-refractivity contribution in [1.29, 1.82) is 0 Å². The summed E-state index contributed by atoms with van der Waals surface area (Å²) in [7, 11) is 1.84. The van der Waals surface area contributed by atoms with Gasteiger partial charge in [-0.15, -0.1) is 23.4 Å². The summed E-state index contributed by atoms with van der Waals surface area (Å²) >= 11 is 7.53. The van der Waals surface area contributed by atoms with E-state index < -0.39 is 0 Å². The highest BCUT2D eigenvalue weighted by atomic mass is 35.5. The molecule has 16 heavy (non-hydrogen) atoms. The molecule has 2 rings (SSSR count). The lowest BCUT2D eigenvalue weighted by molar-refractivity contribution is -0.126. The first-order valence-corrected chi connectivity index (χ1v) is 6.66. The van der Waals surface area contributed by atoms with Crippen LogP contribution in [0.3, 0.4) is 0 Å². The fourth-order valence-electron chi connectivity index (χ4n) is 1.88. The molecule has 0 spiro atoms. The van der Waals surface area contributed by atoms with Gasteiger partial charge in [0.2, 0.25) is 5.91 Å². The summed E-state index contributed by atoms with van der Waals surface area (Å²) in [5, 5.41) is -0.0232. The minimum atomic E-state index is -0.0232. The van der Waals surface area contributed by atoms with Crippen molar-refractivity contribution >= 4 is 29.3 Å². The first-order chi connectivity index (χ1) is 7.72. The number of amides is 1. The molecule has 1 aromatic rings. The van der Waals surface area contributed by atoms with Crippen molar-refractivity contribution in [1.82, 2.24) is 4.90 Å². The molecule has 0 N–H and O–H groups in total. The van der Waals surface area contributed by atoms with Crippen molar-refractivity contribution < 1.29 is 4.79 Å². The molecular weight excluding hydrogens is 242 g/mol. The van der Waals surface area contributed by atoms with Crippen LogP contribution in [-0.2, 0) is 4.79 Å². The molecule has 1 amide bonds. The number of hydrogen-bond acceptors (Lipinski definition) is 2. The Hall–Kier alpha value is -0.670. The number of carbonyl (C=O) groups is 1. The van der Waals surface area contributed by atoms with Crippen LogP contribution >= 0.6 is 23.4 Å². The highest BCUT2D eigenvalue weighted by molar-refractivity contribution is 8.00. The molecule has 0 aromatic heterocycles. The number of likely N-dealkylation sites (tertiary alicyclic amines) is 1. The van der Waals surface area contributed by atoms with Gasteiger partial charge < -0.3 is 4.90 Å². The van der Waals surface area contributed by atoms with Crippen molar-refractivity contribution in [2.75, 3.05) is 19.5 Å². The molecule has 1 aromatic carbocycles. The van der Waals surface area contributed by atoms with Crippen LogP contribution < -0.4 is 0 Å². The lowest BCUT2D eigenvalue weighted by Gasteiger charge is -2.13. The highest BCUT2D eigenvalue weighted by Gasteiger charge is 2.38.